The van der Waals surface area contributed by atoms with Crippen LogP contribution < -0.4 is 0 Å². The molecule has 1 N–H and O–H groups in total. The van der Waals surface area contributed by atoms with Gasteiger partial charge in [0.2, 0.25) is 10.0 Å². The normalized spacial score (nSPS) is 11.9. The molecule has 19 heavy (non-hydrogen) atoms. The van der Waals surface area contributed by atoms with Crippen LogP contribution >= 0.6 is 0 Å². The van der Waals surface area contributed by atoms with Gasteiger partial charge < -0.3 is 5.11 Å². The monoisotopic (exact) mass is 287 g/mol. The Morgan fingerprint density at radius 1 is 1.53 bits per heavy atom. The molecule has 108 valence electrons. The van der Waals surface area contributed by atoms with Crippen LogP contribution in [0.2, 0.25) is 0 Å². The second kappa shape index (κ2) is 7.42. The zero-order chi connectivity index (χ0) is 14.3. The van der Waals surface area contributed by atoms with Crippen molar-refractivity contribution in [3.8, 4) is 0 Å². The van der Waals surface area contributed by atoms with Crippen molar-refractivity contribution < 1.29 is 13.5 Å². The zero-order valence-corrected chi connectivity index (χ0v) is 12.0. The lowest BCUT2D eigenvalue weighted by Crippen LogP contribution is -2.27. The number of aryl methyl sites for hydroxylation is 1. The largest absolute Gasteiger partial charge is 0.396 e. The highest BCUT2D eigenvalue weighted by atomic mass is 32.2. The molecule has 0 atom stereocenters. The third-order valence-corrected chi connectivity index (χ3v) is 4.55. The quantitative estimate of drug-likeness (QED) is 0.540. The van der Waals surface area contributed by atoms with Crippen molar-refractivity contribution in [2.75, 3.05) is 20.2 Å². The average Bonchev–Trinajstić information content (AvgIpc) is 2.85. The van der Waals surface area contributed by atoms with Crippen LogP contribution in [-0.2, 0) is 16.6 Å². The molecule has 7 heteroatoms. The van der Waals surface area contributed by atoms with E-state index in [9.17, 15) is 8.42 Å². The van der Waals surface area contributed by atoms with Gasteiger partial charge in [0.15, 0.2) is 0 Å². The summed E-state index contributed by atoms with van der Waals surface area (Å²) in [5.41, 5.74) is 0. The molecule has 6 nitrogen and oxygen atoms in total. The minimum absolute atomic E-state index is 0.0589. The van der Waals surface area contributed by atoms with Gasteiger partial charge in [0, 0.05) is 32.9 Å². The molecule has 1 heterocycles. The van der Waals surface area contributed by atoms with Crippen molar-refractivity contribution in [3.63, 3.8) is 0 Å². The highest BCUT2D eigenvalue weighted by molar-refractivity contribution is 7.89. The Morgan fingerprint density at radius 2 is 2.26 bits per heavy atom. The molecule has 0 saturated carbocycles. The standard InChI is InChI=1S/C12H21N3O3S/c1-3-4-5-7-14(2)19(17,18)12-10-13-15(11-12)8-6-9-16/h3,10-11,16H,1,4-9H2,2H3. The van der Waals surface area contributed by atoms with Crippen molar-refractivity contribution in [2.24, 2.45) is 0 Å². The summed E-state index contributed by atoms with van der Waals surface area (Å²) in [6.45, 7) is 4.63. The number of allylic oxidation sites excluding steroid dienone is 1. The molecule has 0 aliphatic heterocycles. The summed E-state index contributed by atoms with van der Waals surface area (Å²) in [5.74, 6) is 0. The number of sulfonamides is 1. The first-order valence-electron chi connectivity index (χ1n) is 6.23. The predicted molar refractivity (Wildman–Crippen MR) is 73.2 cm³/mol. The number of unbranched alkanes of at least 4 members (excludes halogenated alkanes) is 1. The van der Waals surface area contributed by atoms with Gasteiger partial charge in [0.05, 0.1) is 6.20 Å². The first-order valence-corrected chi connectivity index (χ1v) is 7.67. The van der Waals surface area contributed by atoms with Crippen LogP contribution in [0.3, 0.4) is 0 Å². The Balaban J connectivity index is 2.70. The molecule has 0 bridgehead atoms. The molecule has 1 aromatic rings. The van der Waals surface area contributed by atoms with Crippen LogP contribution in [0.15, 0.2) is 29.9 Å². The molecule has 1 rings (SSSR count). The molecule has 0 aromatic carbocycles. The van der Waals surface area contributed by atoms with E-state index in [1.807, 2.05) is 0 Å². The first kappa shape index (κ1) is 15.9. The van der Waals surface area contributed by atoms with E-state index in [4.69, 9.17) is 5.11 Å². The van der Waals surface area contributed by atoms with Crippen LogP contribution in [0.1, 0.15) is 19.3 Å². The smallest absolute Gasteiger partial charge is 0.245 e. The Hall–Kier alpha value is -1.18. The molecular weight excluding hydrogens is 266 g/mol. The molecular formula is C12H21N3O3S. The minimum Gasteiger partial charge on any atom is -0.396 e. The topological polar surface area (TPSA) is 75.4 Å². The van der Waals surface area contributed by atoms with Gasteiger partial charge in [-0.15, -0.1) is 6.58 Å². The Bertz CT molecular complexity index is 496. The van der Waals surface area contributed by atoms with Gasteiger partial charge in [0.1, 0.15) is 4.90 Å². The van der Waals surface area contributed by atoms with Gasteiger partial charge in [-0.2, -0.15) is 5.10 Å². The highest BCUT2D eigenvalue weighted by Crippen LogP contribution is 2.14. The summed E-state index contributed by atoms with van der Waals surface area (Å²) in [6.07, 6.45) is 6.70. The molecule has 1 aromatic heterocycles. The minimum atomic E-state index is -3.47. The van der Waals surface area contributed by atoms with Crippen LogP contribution in [0.4, 0.5) is 0 Å². The lowest BCUT2D eigenvalue weighted by molar-refractivity contribution is 0.277. The molecule has 0 saturated heterocycles. The first-order chi connectivity index (χ1) is 9.02. The SMILES string of the molecule is C=CCCCN(C)S(=O)(=O)c1cnn(CCCO)c1. The fraction of sp³-hybridized carbons (Fsp3) is 0.583. The third kappa shape index (κ3) is 4.45. The second-order valence-corrected chi connectivity index (χ2v) is 6.32. The number of nitrogens with zero attached hydrogens (tertiary/aromatic N) is 3. The number of hydrogen-bond acceptors (Lipinski definition) is 4. The maximum atomic E-state index is 12.2. The number of aliphatic hydroxyl groups is 1. The zero-order valence-electron chi connectivity index (χ0n) is 11.2. The van der Waals surface area contributed by atoms with Crippen molar-refractivity contribution in [2.45, 2.75) is 30.7 Å². The van der Waals surface area contributed by atoms with Gasteiger partial charge in [0.25, 0.3) is 0 Å². The molecule has 0 unspecified atom stereocenters. The van der Waals surface area contributed by atoms with E-state index in [0.29, 0.717) is 19.5 Å². The van der Waals surface area contributed by atoms with E-state index in [-0.39, 0.29) is 11.5 Å². The van der Waals surface area contributed by atoms with E-state index >= 15 is 0 Å². The summed E-state index contributed by atoms with van der Waals surface area (Å²) in [5, 5.41) is 12.7. The Labute approximate surface area is 114 Å². The van der Waals surface area contributed by atoms with E-state index in [2.05, 4.69) is 11.7 Å². The van der Waals surface area contributed by atoms with Crippen LogP contribution in [-0.4, -0.2) is 47.8 Å². The Morgan fingerprint density at radius 3 is 2.89 bits per heavy atom. The van der Waals surface area contributed by atoms with E-state index in [1.54, 1.807) is 13.1 Å². The lowest BCUT2D eigenvalue weighted by atomic mass is 10.3. The van der Waals surface area contributed by atoms with Crippen molar-refractivity contribution in [1.29, 1.82) is 0 Å². The van der Waals surface area contributed by atoms with E-state index in [0.717, 1.165) is 12.8 Å². The fourth-order valence-corrected chi connectivity index (χ4v) is 2.76. The lowest BCUT2D eigenvalue weighted by Gasteiger charge is -2.15. The maximum Gasteiger partial charge on any atom is 0.245 e. The Kier molecular flexibility index (Phi) is 6.20. The van der Waals surface area contributed by atoms with Gasteiger partial charge >= 0.3 is 0 Å². The van der Waals surface area contributed by atoms with Crippen LogP contribution in [0, 0.1) is 0 Å². The van der Waals surface area contributed by atoms with Crippen molar-refractivity contribution >= 4 is 10.0 Å². The van der Waals surface area contributed by atoms with Crippen molar-refractivity contribution in [1.82, 2.24) is 14.1 Å². The fourth-order valence-electron chi connectivity index (χ4n) is 1.59. The molecule has 0 aliphatic carbocycles. The predicted octanol–water partition coefficient (Wildman–Crippen LogP) is 0.852. The number of hydrogen-bond donors (Lipinski definition) is 1. The van der Waals surface area contributed by atoms with E-state index < -0.39 is 10.0 Å². The van der Waals surface area contributed by atoms with Gasteiger partial charge in [-0.3, -0.25) is 4.68 Å². The van der Waals surface area contributed by atoms with Crippen LogP contribution in [0.25, 0.3) is 0 Å². The number of aromatic nitrogens is 2. The average molecular weight is 287 g/mol. The van der Waals surface area contributed by atoms with Crippen LogP contribution in [0.5, 0.6) is 0 Å². The second-order valence-electron chi connectivity index (χ2n) is 4.27. The molecule has 0 aliphatic rings. The van der Waals surface area contributed by atoms with Gasteiger partial charge in [-0.1, -0.05) is 6.08 Å². The van der Waals surface area contributed by atoms with Gasteiger partial charge in [-0.25, -0.2) is 12.7 Å². The summed E-state index contributed by atoms with van der Waals surface area (Å²) in [4.78, 5) is 0.187. The highest BCUT2D eigenvalue weighted by Gasteiger charge is 2.21. The molecule has 0 fully saturated rings. The van der Waals surface area contributed by atoms with Gasteiger partial charge in [-0.05, 0) is 19.3 Å². The number of rotatable bonds is 9. The third-order valence-electron chi connectivity index (χ3n) is 2.74. The summed E-state index contributed by atoms with van der Waals surface area (Å²) >= 11 is 0. The summed E-state index contributed by atoms with van der Waals surface area (Å²) < 4.78 is 27.3. The van der Waals surface area contributed by atoms with Crippen molar-refractivity contribution in [3.05, 3.63) is 25.0 Å². The molecule has 0 amide bonds. The number of aliphatic hydroxyl groups excluding tert-OH is 1. The molecule has 0 radical (unpaired) electrons. The summed E-state index contributed by atoms with van der Waals surface area (Å²) in [7, 11) is -1.91. The maximum absolute atomic E-state index is 12.2. The van der Waals surface area contributed by atoms with E-state index in [1.165, 1.54) is 21.4 Å². The summed E-state index contributed by atoms with van der Waals surface area (Å²) in [6, 6.07) is 0. The molecule has 0 spiro atoms.